The molecule has 0 aromatic carbocycles. The van der Waals surface area contributed by atoms with E-state index in [1.165, 1.54) is 7.05 Å². The number of hydrogen-bond donors (Lipinski definition) is 0. The highest BCUT2D eigenvalue weighted by Gasteiger charge is 1.25. The molecule has 0 bridgehead atoms. The first-order chi connectivity index (χ1) is 1.41. The predicted molar refractivity (Wildman–Crippen MR) is 21.5 cm³/mol. The molecule has 0 fully saturated rings. The maximum atomic E-state index is 4.47. The van der Waals surface area contributed by atoms with Gasteiger partial charge in [-0.15, -0.1) is 12.4 Å². The fourth-order valence-corrected chi connectivity index (χ4v) is 0. The van der Waals surface area contributed by atoms with E-state index in [1.54, 1.807) is 0 Å². The van der Waals surface area contributed by atoms with Crippen LogP contribution in [0.4, 0.5) is 0 Å². The first-order valence-corrected chi connectivity index (χ1v) is 0.705. The molecule has 32 valence electrons. The summed E-state index contributed by atoms with van der Waals surface area (Å²) in [5.74, 6) is 0. The summed E-state index contributed by atoms with van der Waals surface area (Å²) in [6, 6.07) is 0. The molecule has 0 atom stereocenters. The molecule has 0 aromatic heterocycles. The van der Waals surface area contributed by atoms with E-state index in [1.807, 2.05) is 0 Å². The van der Waals surface area contributed by atoms with Crippen LogP contribution in [0.5, 0.6) is 0 Å². The topological polar surface area (TPSA) is 4.36 Å². The van der Waals surface area contributed by atoms with Gasteiger partial charge in [-0.1, -0.05) is 4.85 Å². The second-order valence-corrected chi connectivity index (χ2v) is 0.258. The van der Waals surface area contributed by atoms with E-state index in [0.717, 1.165) is 0 Å². The Morgan fingerprint density at radius 3 is 1.60 bits per heavy atom. The van der Waals surface area contributed by atoms with Crippen LogP contribution in [0.15, 0.2) is 0 Å². The number of halogens is 2. The molecule has 0 aromatic rings. The highest BCUT2D eigenvalue weighted by Crippen LogP contribution is 1.25. The molecule has 5 heavy (non-hydrogen) atoms. The molecule has 0 aliphatic rings. The highest BCUT2D eigenvalue weighted by molar-refractivity contribution is 5.85. The molecule has 3 heteroatoms. The van der Waals surface area contributed by atoms with Gasteiger partial charge in [0.2, 0.25) is 0 Å². The van der Waals surface area contributed by atoms with Crippen LogP contribution in [-0.4, -0.2) is 7.05 Å². The van der Waals surface area contributed by atoms with Gasteiger partial charge in [-0.2, -0.15) is 0 Å². The van der Waals surface area contributed by atoms with E-state index in [9.17, 15) is 0 Å². The summed E-state index contributed by atoms with van der Waals surface area (Å²) < 4.78 is 0. The highest BCUT2D eigenvalue weighted by atomic mass is 35.5. The van der Waals surface area contributed by atoms with E-state index in [4.69, 9.17) is 0 Å². The van der Waals surface area contributed by atoms with Gasteiger partial charge in [0, 0.05) is 0 Å². The third-order valence-electron chi connectivity index (χ3n) is 0. The van der Waals surface area contributed by atoms with E-state index in [2.05, 4.69) is 11.4 Å². The van der Waals surface area contributed by atoms with Crippen molar-refractivity contribution in [1.29, 1.82) is 0 Å². The largest absolute Gasteiger partial charge is 1.00 e. The predicted octanol–water partition coefficient (Wildman–Crippen LogP) is -2.00. The molecule has 0 radical (unpaired) electrons. The van der Waals surface area contributed by atoms with Crippen molar-refractivity contribution in [3.8, 4) is 6.57 Å². The van der Waals surface area contributed by atoms with Gasteiger partial charge in [-0.25, -0.2) is 0 Å². The summed E-state index contributed by atoms with van der Waals surface area (Å²) in [6.07, 6.45) is 0. The Morgan fingerprint density at radius 1 is 1.60 bits per heavy atom. The lowest BCUT2D eigenvalue weighted by atomic mass is 11.5. The third kappa shape index (κ3) is 3560. The van der Waals surface area contributed by atoms with Crippen LogP contribution in [0.2, 0.25) is 0 Å². The van der Waals surface area contributed by atoms with Crippen LogP contribution in [-0.2, 0) is 0 Å². The monoisotopic (exact) mass is 113 g/mol. The number of hydrogen-bond acceptors (Lipinski definition) is 0. The quantitative estimate of drug-likeness (QED) is 0.343. The van der Waals surface area contributed by atoms with Crippen molar-refractivity contribution in [2.24, 2.45) is 0 Å². The van der Waals surface area contributed by atoms with Crippen molar-refractivity contribution in [3.63, 3.8) is 0 Å². The van der Waals surface area contributed by atoms with Crippen molar-refractivity contribution in [2.45, 2.75) is 0 Å². The fourth-order valence-electron chi connectivity index (χ4n) is 0. The van der Waals surface area contributed by atoms with Gasteiger partial charge in [-0.05, 0) is 0 Å². The van der Waals surface area contributed by atoms with Gasteiger partial charge in [-0.3, -0.25) is 0 Å². The van der Waals surface area contributed by atoms with Gasteiger partial charge in [0.15, 0.2) is 0 Å². The third-order valence-corrected chi connectivity index (χ3v) is 0. The molecule has 0 saturated heterocycles. The Balaban J connectivity index is -0.0000000200. The molecule has 0 N–H and O–H groups in total. The van der Waals surface area contributed by atoms with Crippen molar-refractivity contribution in [1.82, 2.24) is 0 Å². The van der Waals surface area contributed by atoms with Gasteiger partial charge in [0.1, 0.15) is 0 Å². The lowest BCUT2D eigenvalue weighted by molar-refractivity contribution is -0.000000873. The Hall–Kier alpha value is 0.0700. The molecule has 0 amide bonds. The Bertz CT molecular complexity index is 29.1. The summed E-state index contributed by atoms with van der Waals surface area (Å²) in [5, 5.41) is 0. The summed E-state index contributed by atoms with van der Waals surface area (Å²) in [4.78, 5) is 3.00. The number of nitrogens with zero attached hydrogens (tertiary/aromatic N) is 1. The van der Waals surface area contributed by atoms with Crippen LogP contribution in [0.3, 0.4) is 0 Å². The molecule has 0 unspecified atom stereocenters. The van der Waals surface area contributed by atoms with E-state index in [-0.39, 0.29) is 24.8 Å². The fraction of sp³-hybridized carbons (Fsp3) is 0.500. The van der Waals surface area contributed by atoms with E-state index >= 15 is 0 Å². The second-order valence-electron chi connectivity index (χ2n) is 0.258. The molecule has 0 spiro atoms. The van der Waals surface area contributed by atoms with Crippen molar-refractivity contribution in [3.05, 3.63) is 4.85 Å². The van der Waals surface area contributed by atoms with Crippen molar-refractivity contribution < 1.29 is 12.4 Å². The second kappa shape index (κ2) is 33.5. The first-order valence-electron chi connectivity index (χ1n) is 0.705. The standard InChI is InChI=1S/C2H4N.2ClH/c1-3-2;;/h1H,2H3;2*1H/q+1;;/p-1. The summed E-state index contributed by atoms with van der Waals surface area (Å²) >= 11 is 0. The Kier molecular flexibility index (Phi) is 131. The summed E-state index contributed by atoms with van der Waals surface area (Å²) in [7, 11) is 1.53. The average Bonchev–Trinajstić information content (AvgIpc) is 0.918. The molecule has 0 aliphatic heterocycles. The Labute approximate surface area is 44.0 Å². The van der Waals surface area contributed by atoms with E-state index in [0.29, 0.717) is 0 Å². The smallest absolute Gasteiger partial charge is 0.257 e. The summed E-state index contributed by atoms with van der Waals surface area (Å²) in [6.45, 7) is 4.47. The maximum Gasteiger partial charge on any atom is 0.257 e. The zero-order chi connectivity index (χ0) is 2.71. The van der Waals surface area contributed by atoms with Crippen LogP contribution in [0.25, 0.3) is 4.85 Å². The maximum absolute atomic E-state index is 4.47. The minimum absolute atomic E-state index is 0. The van der Waals surface area contributed by atoms with Crippen molar-refractivity contribution in [2.75, 3.05) is 7.05 Å². The zero-order valence-corrected chi connectivity index (χ0v) is 4.38. The van der Waals surface area contributed by atoms with E-state index < -0.39 is 0 Å². The molecule has 0 saturated carbocycles. The van der Waals surface area contributed by atoms with Gasteiger partial charge >= 0.3 is 0 Å². The van der Waals surface area contributed by atoms with Crippen LogP contribution in [0.1, 0.15) is 0 Å². The number of rotatable bonds is 0. The molecular formula is C2H5Cl2N. The molecule has 0 heterocycles. The first kappa shape index (κ1) is 19.6. The molecule has 0 aliphatic carbocycles. The normalized spacial score (nSPS) is 1.60. The van der Waals surface area contributed by atoms with Crippen LogP contribution in [0, 0.1) is 6.57 Å². The minimum atomic E-state index is 0. The average molecular weight is 114 g/mol. The van der Waals surface area contributed by atoms with Crippen molar-refractivity contribution >= 4 is 12.4 Å². The molecular weight excluding hydrogens is 109 g/mol. The zero-order valence-electron chi connectivity index (χ0n) is 2.81. The van der Waals surface area contributed by atoms with Gasteiger partial charge in [0.05, 0.1) is 0 Å². The van der Waals surface area contributed by atoms with Gasteiger partial charge < -0.3 is 12.4 Å². The van der Waals surface area contributed by atoms with Crippen LogP contribution >= 0.6 is 12.4 Å². The minimum Gasteiger partial charge on any atom is -1.00 e. The van der Waals surface area contributed by atoms with Gasteiger partial charge in [0.25, 0.3) is 13.6 Å². The van der Waals surface area contributed by atoms with Crippen LogP contribution < -0.4 is 12.4 Å². The lowest BCUT2D eigenvalue weighted by Gasteiger charge is -1.08. The Morgan fingerprint density at radius 2 is 1.60 bits per heavy atom. The molecule has 0 rings (SSSR count). The SMILES string of the molecule is C#[N+]C.Cl.[Cl-]. The molecule has 1 nitrogen and oxygen atoms in total. The lowest BCUT2D eigenvalue weighted by Crippen LogP contribution is -3.00. The summed E-state index contributed by atoms with van der Waals surface area (Å²) in [5.41, 5.74) is 0.